The fourth-order valence-electron chi connectivity index (χ4n) is 1.44. The van der Waals surface area contributed by atoms with Gasteiger partial charge in [-0.05, 0) is 35.3 Å². The first-order valence-corrected chi connectivity index (χ1v) is 5.70. The van der Waals surface area contributed by atoms with Gasteiger partial charge in [0.15, 0.2) is 0 Å². The Labute approximate surface area is 103 Å². The number of nitrogens with zero attached hydrogens (tertiary/aromatic N) is 2. The molecule has 0 aliphatic heterocycles. The van der Waals surface area contributed by atoms with Crippen LogP contribution in [0.2, 0.25) is 0 Å². The zero-order valence-electron chi connectivity index (χ0n) is 9.29. The Morgan fingerprint density at radius 2 is 2.31 bits per heavy atom. The third-order valence-corrected chi connectivity index (χ3v) is 3.15. The van der Waals surface area contributed by atoms with E-state index >= 15 is 0 Å². The minimum Gasteiger partial charge on any atom is -0.385 e. The van der Waals surface area contributed by atoms with E-state index < -0.39 is 0 Å². The van der Waals surface area contributed by atoms with Gasteiger partial charge in [-0.25, -0.2) is 0 Å². The van der Waals surface area contributed by atoms with Gasteiger partial charge >= 0.3 is 0 Å². The lowest BCUT2D eigenvalue weighted by atomic mass is 10.2. The molecular formula is C11H13BrN2O2. The van der Waals surface area contributed by atoms with Crippen molar-refractivity contribution in [2.24, 2.45) is 0 Å². The minimum atomic E-state index is -0.237. The second kappa shape index (κ2) is 5.83. The van der Waals surface area contributed by atoms with Crippen LogP contribution in [0.25, 0.3) is 0 Å². The molecule has 1 heterocycles. The van der Waals surface area contributed by atoms with E-state index in [4.69, 9.17) is 10.00 Å². The molecule has 0 saturated carbocycles. The molecule has 0 aliphatic carbocycles. The van der Waals surface area contributed by atoms with E-state index in [0.29, 0.717) is 13.2 Å². The first-order valence-electron chi connectivity index (χ1n) is 4.90. The molecule has 1 rings (SSSR count). The molecule has 0 amide bonds. The highest BCUT2D eigenvalue weighted by molar-refractivity contribution is 9.10. The third-order valence-electron chi connectivity index (χ3n) is 2.35. The topological polar surface area (TPSA) is 55.0 Å². The molecule has 0 atom stereocenters. The van der Waals surface area contributed by atoms with Crippen LogP contribution in [0.4, 0.5) is 0 Å². The lowest BCUT2D eigenvalue weighted by Gasteiger charge is -2.11. The van der Waals surface area contributed by atoms with Crippen molar-refractivity contribution in [1.82, 2.24) is 4.57 Å². The maximum atomic E-state index is 11.8. The standard InChI is InChI=1S/C11H13BrN2O2/c1-8-10(12)6-9(7-13)11(15)14(8)4-3-5-16-2/h6H,3-5H2,1-2H3. The molecular weight excluding hydrogens is 272 g/mol. The highest BCUT2D eigenvalue weighted by Crippen LogP contribution is 2.15. The predicted molar refractivity (Wildman–Crippen MR) is 64.3 cm³/mol. The first kappa shape index (κ1) is 12.9. The second-order valence-corrected chi connectivity index (χ2v) is 4.26. The van der Waals surface area contributed by atoms with Crippen molar-refractivity contribution in [2.45, 2.75) is 19.9 Å². The molecule has 86 valence electrons. The molecule has 0 unspecified atom stereocenters. The van der Waals surface area contributed by atoms with Crippen LogP contribution in [0.1, 0.15) is 17.7 Å². The Kier molecular flexibility index (Phi) is 4.71. The summed E-state index contributed by atoms with van der Waals surface area (Å²) in [4.78, 5) is 11.8. The summed E-state index contributed by atoms with van der Waals surface area (Å²) >= 11 is 3.34. The summed E-state index contributed by atoms with van der Waals surface area (Å²) in [6, 6.07) is 3.46. The molecule has 0 aliphatic rings. The van der Waals surface area contributed by atoms with Gasteiger partial charge in [-0.15, -0.1) is 0 Å². The summed E-state index contributed by atoms with van der Waals surface area (Å²) in [6.07, 6.45) is 0.749. The number of pyridine rings is 1. The van der Waals surface area contributed by atoms with Crippen molar-refractivity contribution in [3.63, 3.8) is 0 Å². The normalized spacial score (nSPS) is 10.1. The summed E-state index contributed by atoms with van der Waals surface area (Å²) in [7, 11) is 1.62. The molecule has 0 fully saturated rings. The van der Waals surface area contributed by atoms with Gasteiger partial charge in [0, 0.05) is 30.4 Å². The minimum absolute atomic E-state index is 0.162. The van der Waals surface area contributed by atoms with E-state index in [1.54, 1.807) is 17.7 Å². The van der Waals surface area contributed by atoms with Crippen LogP contribution < -0.4 is 5.56 Å². The fraction of sp³-hybridized carbons (Fsp3) is 0.455. The number of nitriles is 1. The average Bonchev–Trinajstić information content (AvgIpc) is 2.28. The fourth-order valence-corrected chi connectivity index (χ4v) is 1.88. The molecule has 4 nitrogen and oxygen atoms in total. The number of rotatable bonds is 4. The Morgan fingerprint density at radius 3 is 2.88 bits per heavy atom. The van der Waals surface area contributed by atoms with Crippen molar-refractivity contribution >= 4 is 15.9 Å². The zero-order valence-corrected chi connectivity index (χ0v) is 10.9. The van der Waals surface area contributed by atoms with Crippen LogP contribution in [0.15, 0.2) is 15.3 Å². The van der Waals surface area contributed by atoms with E-state index in [1.807, 2.05) is 13.0 Å². The maximum Gasteiger partial charge on any atom is 0.268 e. The van der Waals surface area contributed by atoms with Crippen molar-refractivity contribution in [3.8, 4) is 6.07 Å². The van der Waals surface area contributed by atoms with E-state index in [-0.39, 0.29) is 11.1 Å². The smallest absolute Gasteiger partial charge is 0.268 e. The van der Waals surface area contributed by atoms with Crippen molar-refractivity contribution < 1.29 is 4.74 Å². The lowest BCUT2D eigenvalue weighted by molar-refractivity contribution is 0.189. The molecule has 16 heavy (non-hydrogen) atoms. The van der Waals surface area contributed by atoms with E-state index in [0.717, 1.165) is 16.6 Å². The van der Waals surface area contributed by atoms with Crippen LogP contribution >= 0.6 is 15.9 Å². The van der Waals surface area contributed by atoms with Crippen molar-refractivity contribution in [1.29, 1.82) is 5.26 Å². The number of hydrogen-bond donors (Lipinski definition) is 0. The number of aromatic nitrogens is 1. The summed E-state index contributed by atoms with van der Waals surface area (Å²) in [5, 5.41) is 8.82. The Bertz CT molecular complexity index is 474. The zero-order chi connectivity index (χ0) is 12.1. The van der Waals surface area contributed by atoms with Gasteiger partial charge in [0.1, 0.15) is 11.6 Å². The summed E-state index contributed by atoms with van der Waals surface area (Å²) in [6.45, 7) is 3.01. The van der Waals surface area contributed by atoms with Crippen LogP contribution in [0.3, 0.4) is 0 Å². The summed E-state index contributed by atoms with van der Waals surface area (Å²) in [5.41, 5.74) is 0.759. The molecule has 1 aromatic rings. The Balaban J connectivity index is 3.11. The molecule has 0 bridgehead atoms. The predicted octanol–water partition coefficient (Wildman–Crippen LogP) is 1.83. The van der Waals surface area contributed by atoms with Gasteiger partial charge in [0.2, 0.25) is 0 Å². The molecule has 0 spiro atoms. The van der Waals surface area contributed by atoms with Crippen LogP contribution in [-0.2, 0) is 11.3 Å². The summed E-state index contributed by atoms with van der Waals surface area (Å²) in [5.74, 6) is 0. The molecule has 1 aromatic heterocycles. The Morgan fingerprint density at radius 1 is 1.62 bits per heavy atom. The molecule has 0 N–H and O–H groups in total. The van der Waals surface area contributed by atoms with Crippen LogP contribution in [-0.4, -0.2) is 18.3 Å². The van der Waals surface area contributed by atoms with Crippen LogP contribution in [0.5, 0.6) is 0 Å². The quantitative estimate of drug-likeness (QED) is 0.793. The number of halogens is 1. The average molecular weight is 285 g/mol. The molecule has 0 saturated heterocycles. The third kappa shape index (κ3) is 2.71. The van der Waals surface area contributed by atoms with Gasteiger partial charge in [0.25, 0.3) is 5.56 Å². The number of ether oxygens (including phenoxy) is 1. The SMILES string of the molecule is COCCCn1c(C)c(Br)cc(C#N)c1=O. The lowest BCUT2D eigenvalue weighted by Crippen LogP contribution is -2.25. The largest absolute Gasteiger partial charge is 0.385 e. The second-order valence-electron chi connectivity index (χ2n) is 3.41. The van der Waals surface area contributed by atoms with Gasteiger partial charge in [-0.2, -0.15) is 5.26 Å². The van der Waals surface area contributed by atoms with E-state index in [2.05, 4.69) is 15.9 Å². The maximum absolute atomic E-state index is 11.8. The van der Waals surface area contributed by atoms with Gasteiger partial charge in [-0.3, -0.25) is 4.79 Å². The monoisotopic (exact) mass is 284 g/mol. The molecule has 0 aromatic carbocycles. The van der Waals surface area contributed by atoms with E-state index in [1.165, 1.54) is 0 Å². The van der Waals surface area contributed by atoms with Crippen molar-refractivity contribution in [2.75, 3.05) is 13.7 Å². The van der Waals surface area contributed by atoms with Crippen LogP contribution in [0, 0.1) is 18.3 Å². The van der Waals surface area contributed by atoms with Gasteiger partial charge < -0.3 is 9.30 Å². The molecule has 5 heteroatoms. The van der Waals surface area contributed by atoms with E-state index in [9.17, 15) is 4.79 Å². The first-order chi connectivity index (χ1) is 7.61. The number of methoxy groups -OCH3 is 1. The highest BCUT2D eigenvalue weighted by Gasteiger charge is 2.09. The molecule has 0 radical (unpaired) electrons. The summed E-state index contributed by atoms with van der Waals surface area (Å²) < 4.78 is 7.32. The highest BCUT2D eigenvalue weighted by atomic mass is 79.9. The van der Waals surface area contributed by atoms with Crippen molar-refractivity contribution in [3.05, 3.63) is 32.2 Å². The Hall–Kier alpha value is -1.12. The number of hydrogen-bond acceptors (Lipinski definition) is 3. The van der Waals surface area contributed by atoms with Gasteiger partial charge in [0.05, 0.1) is 0 Å². The van der Waals surface area contributed by atoms with Gasteiger partial charge in [-0.1, -0.05) is 0 Å².